The molecule has 0 fully saturated rings. The standard InChI is InChI=1S/C40H24N2S2/c1-3-12-25(13-4-1)27-22-28(30-18-11-19-32-31-16-7-9-20-34(31)43-38(30)32)24-29(23-27)40-41-36(26-14-5-2-6-15-26)39-37(42-40)33-17-8-10-21-35(33)44-39/h1-24H. The fourth-order valence-electron chi connectivity index (χ4n) is 6.20. The van der Waals surface area contributed by atoms with Gasteiger partial charge in [0.2, 0.25) is 0 Å². The first-order chi connectivity index (χ1) is 21.8. The van der Waals surface area contributed by atoms with E-state index >= 15 is 0 Å². The van der Waals surface area contributed by atoms with Gasteiger partial charge < -0.3 is 0 Å². The molecule has 0 saturated heterocycles. The number of hydrogen-bond acceptors (Lipinski definition) is 4. The van der Waals surface area contributed by atoms with Gasteiger partial charge in [-0.25, -0.2) is 9.97 Å². The SMILES string of the molecule is c1ccc(-c2cc(-c3nc(-c4ccccc4)c4sc5ccccc5c4n3)cc(-c3cccc4c3sc3ccccc34)c2)cc1. The Hall–Kier alpha value is -5.16. The predicted molar refractivity (Wildman–Crippen MR) is 190 cm³/mol. The van der Waals surface area contributed by atoms with Crippen molar-refractivity contribution >= 4 is 63.1 Å². The summed E-state index contributed by atoms with van der Waals surface area (Å²) in [4.78, 5) is 10.6. The maximum Gasteiger partial charge on any atom is 0.160 e. The number of benzene rings is 6. The minimum Gasteiger partial charge on any atom is -0.226 e. The van der Waals surface area contributed by atoms with E-state index < -0.39 is 0 Å². The molecule has 0 saturated carbocycles. The minimum atomic E-state index is 0.738. The van der Waals surface area contributed by atoms with Gasteiger partial charge in [-0.3, -0.25) is 0 Å². The van der Waals surface area contributed by atoms with E-state index in [0.29, 0.717) is 0 Å². The Morgan fingerprint density at radius 3 is 1.77 bits per heavy atom. The normalized spacial score (nSPS) is 11.6. The van der Waals surface area contributed by atoms with Gasteiger partial charge in [0.25, 0.3) is 0 Å². The van der Waals surface area contributed by atoms with Crippen LogP contribution in [0.3, 0.4) is 0 Å². The minimum absolute atomic E-state index is 0.738. The molecule has 206 valence electrons. The van der Waals surface area contributed by atoms with Crippen molar-refractivity contribution in [3.05, 3.63) is 146 Å². The summed E-state index contributed by atoms with van der Waals surface area (Å²) in [6.45, 7) is 0. The molecule has 0 amide bonds. The van der Waals surface area contributed by atoms with Crippen LogP contribution in [0.4, 0.5) is 0 Å². The second-order valence-corrected chi connectivity index (χ2v) is 13.1. The maximum atomic E-state index is 5.31. The Kier molecular flexibility index (Phi) is 5.90. The molecule has 4 heteroatoms. The number of rotatable bonds is 4. The highest BCUT2D eigenvalue weighted by atomic mass is 32.1. The predicted octanol–water partition coefficient (Wildman–Crippen LogP) is 11.9. The molecular weight excluding hydrogens is 573 g/mol. The first-order valence-electron chi connectivity index (χ1n) is 14.7. The molecule has 3 aromatic heterocycles. The van der Waals surface area contributed by atoms with Crippen LogP contribution in [0.2, 0.25) is 0 Å². The van der Waals surface area contributed by atoms with Crippen molar-refractivity contribution in [2.24, 2.45) is 0 Å². The van der Waals surface area contributed by atoms with E-state index in [1.165, 1.54) is 46.9 Å². The van der Waals surface area contributed by atoms with Crippen LogP contribution >= 0.6 is 22.7 Å². The van der Waals surface area contributed by atoms with Crippen LogP contribution in [0.5, 0.6) is 0 Å². The fraction of sp³-hybridized carbons (Fsp3) is 0. The molecule has 2 nitrogen and oxygen atoms in total. The van der Waals surface area contributed by atoms with Crippen molar-refractivity contribution in [1.29, 1.82) is 0 Å². The second-order valence-electron chi connectivity index (χ2n) is 11.0. The first-order valence-corrected chi connectivity index (χ1v) is 16.3. The number of aromatic nitrogens is 2. The highest BCUT2D eigenvalue weighted by Crippen LogP contribution is 2.43. The zero-order chi connectivity index (χ0) is 29.0. The fourth-order valence-corrected chi connectivity index (χ4v) is 8.59. The maximum absolute atomic E-state index is 5.31. The number of thiophene rings is 2. The summed E-state index contributed by atoms with van der Waals surface area (Å²) < 4.78 is 4.95. The lowest BCUT2D eigenvalue weighted by molar-refractivity contribution is 1.24. The molecule has 0 N–H and O–H groups in total. The lowest BCUT2D eigenvalue weighted by Gasteiger charge is -2.12. The van der Waals surface area contributed by atoms with Crippen LogP contribution in [-0.2, 0) is 0 Å². The highest BCUT2D eigenvalue weighted by molar-refractivity contribution is 7.26. The van der Waals surface area contributed by atoms with E-state index in [4.69, 9.17) is 9.97 Å². The first kappa shape index (κ1) is 25.3. The molecule has 3 heterocycles. The van der Waals surface area contributed by atoms with E-state index in [-0.39, 0.29) is 0 Å². The topological polar surface area (TPSA) is 25.8 Å². The van der Waals surface area contributed by atoms with Crippen LogP contribution in [0.1, 0.15) is 0 Å². The van der Waals surface area contributed by atoms with E-state index in [1.54, 1.807) is 11.3 Å². The van der Waals surface area contributed by atoms with Gasteiger partial charge in [0.05, 0.1) is 15.9 Å². The number of hydrogen-bond donors (Lipinski definition) is 0. The average molecular weight is 597 g/mol. The molecule has 0 bridgehead atoms. The van der Waals surface area contributed by atoms with E-state index in [2.05, 4.69) is 146 Å². The van der Waals surface area contributed by atoms with Crippen molar-refractivity contribution < 1.29 is 0 Å². The van der Waals surface area contributed by atoms with E-state index in [9.17, 15) is 0 Å². The van der Waals surface area contributed by atoms with Crippen LogP contribution in [0, 0.1) is 0 Å². The number of nitrogens with zero attached hydrogens (tertiary/aromatic N) is 2. The third-order valence-electron chi connectivity index (χ3n) is 8.28. The monoisotopic (exact) mass is 596 g/mol. The Balaban J connectivity index is 1.34. The third kappa shape index (κ3) is 4.15. The molecule has 44 heavy (non-hydrogen) atoms. The molecule has 0 aliphatic carbocycles. The van der Waals surface area contributed by atoms with Crippen molar-refractivity contribution in [3.63, 3.8) is 0 Å². The molecule has 0 unspecified atom stereocenters. The summed E-state index contributed by atoms with van der Waals surface area (Å²) in [6.07, 6.45) is 0. The Morgan fingerprint density at radius 1 is 0.386 bits per heavy atom. The van der Waals surface area contributed by atoms with Crippen molar-refractivity contribution in [1.82, 2.24) is 9.97 Å². The van der Waals surface area contributed by atoms with Crippen LogP contribution in [-0.4, -0.2) is 9.97 Å². The van der Waals surface area contributed by atoms with Gasteiger partial charge in [-0.05, 0) is 52.6 Å². The molecule has 0 spiro atoms. The van der Waals surface area contributed by atoms with Gasteiger partial charge in [0, 0.05) is 41.4 Å². The van der Waals surface area contributed by atoms with Gasteiger partial charge in [-0.1, -0.05) is 115 Å². The van der Waals surface area contributed by atoms with Gasteiger partial charge in [-0.15, -0.1) is 22.7 Å². The smallest absolute Gasteiger partial charge is 0.160 e. The van der Waals surface area contributed by atoms with Crippen molar-refractivity contribution in [2.45, 2.75) is 0 Å². The largest absolute Gasteiger partial charge is 0.226 e. The van der Waals surface area contributed by atoms with Crippen molar-refractivity contribution in [3.8, 4) is 44.9 Å². The second kappa shape index (κ2) is 10.2. The van der Waals surface area contributed by atoms with Crippen molar-refractivity contribution in [2.75, 3.05) is 0 Å². The summed E-state index contributed by atoms with van der Waals surface area (Å²) in [6, 6.07) is 51.8. The Labute approximate surface area is 262 Å². The van der Waals surface area contributed by atoms with Gasteiger partial charge in [0.1, 0.15) is 0 Å². The average Bonchev–Trinajstić information content (AvgIpc) is 3.67. The molecule has 9 aromatic rings. The zero-order valence-electron chi connectivity index (χ0n) is 23.6. The summed E-state index contributed by atoms with van der Waals surface area (Å²) in [7, 11) is 0. The third-order valence-corrected chi connectivity index (χ3v) is 10.7. The highest BCUT2D eigenvalue weighted by Gasteiger charge is 2.18. The van der Waals surface area contributed by atoms with Crippen LogP contribution in [0.25, 0.3) is 85.4 Å². The lowest BCUT2D eigenvalue weighted by atomic mass is 9.95. The molecule has 0 radical (unpaired) electrons. The van der Waals surface area contributed by atoms with Gasteiger partial charge in [-0.2, -0.15) is 0 Å². The lowest BCUT2D eigenvalue weighted by Crippen LogP contribution is -1.95. The zero-order valence-corrected chi connectivity index (χ0v) is 25.2. The van der Waals surface area contributed by atoms with E-state index in [1.807, 2.05) is 11.3 Å². The van der Waals surface area contributed by atoms with E-state index in [0.717, 1.165) is 38.4 Å². The summed E-state index contributed by atoms with van der Waals surface area (Å²) >= 11 is 3.63. The molecular formula is C40H24N2S2. The van der Waals surface area contributed by atoms with Gasteiger partial charge >= 0.3 is 0 Å². The molecule has 0 aliphatic rings. The quantitative estimate of drug-likeness (QED) is 0.202. The molecule has 0 aliphatic heterocycles. The van der Waals surface area contributed by atoms with Crippen LogP contribution < -0.4 is 0 Å². The Bertz CT molecular complexity index is 2490. The van der Waals surface area contributed by atoms with Crippen LogP contribution in [0.15, 0.2) is 146 Å². The molecule has 6 aromatic carbocycles. The summed E-state index contributed by atoms with van der Waals surface area (Å²) in [5.74, 6) is 0.738. The summed E-state index contributed by atoms with van der Waals surface area (Å²) in [5.41, 5.74) is 8.81. The number of fused-ring (bicyclic) bond motifs is 6. The van der Waals surface area contributed by atoms with Gasteiger partial charge in [0.15, 0.2) is 5.82 Å². The molecule has 0 atom stereocenters. The Morgan fingerprint density at radius 2 is 0.977 bits per heavy atom. The summed E-state index contributed by atoms with van der Waals surface area (Å²) in [5, 5.41) is 3.77. The molecule has 9 rings (SSSR count).